The average molecular weight is 345 g/mol. The van der Waals surface area contributed by atoms with Crippen LogP contribution in [0.15, 0.2) is 24.4 Å². The lowest BCUT2D eigenvalue weighted by molar-refractivity contribution is 0.0939. The largest absolute Gasteiger partial charge is 0.490 e. The molecule has 2 rings (SSSR count). The van der Waals surface area contributed by atoms with Crippen molar-refractivity contribution in [2.45, 2.75) is 47.2 Å². The summed E-state index contributed by atoms with van der Waals surface area (Å²) in [5.74, 6) is 1.08. The Bertz CT molecular complexity index is 725. The van der Waals surface area contributed by atoms with Gasteiger partial charge >= 0.3 is 0 Å². The van der Waals surface area contributed by atoms with Crippen LogP contribution in [0.4, 0.5) is 0 Å². The SMILES string of the molecule is CCOc1ccc(C(=O)NC(C)c2cn(CC)nc2C)cc1OCC. The van der Waals surface area contributed by atoms with Crippen LogP contribution in [0.25, 0.3) is 0 Å². The van der Waals surface area contributed by atoms with Crippen molar-refractivity contribution in [3.63, 3.8) is 0 Å². The van der Waals surface area contributed by atoms with Crippen molar-refractivity contribution in [2.24, 2.45) is 0 Å². The molecule has 1 heterocycles. The van der Waals surface area contributed by atoms with E-state index in [0.29, 0.717) is 30.3 Å². The van der Waals surface area contributed by atoms with Crippen molar-refractivity contribution in [1.82, 2.24) is 15.1 Å². The molecule has 0 saturated heterocycles. The van der Waals surface area contributed by atoms with Gasteiger partial charge in [0.25, 0.3) is 5.91 Å². The van der Waals surface area contributed by atoms with E-state index in [4.69, 9.17) is 9.47 Å². The van der Waals surface area contributed by atoms with Gasteiger partial charge < -0.3 is 14.8 Å². The Balaban J connectivity index is 2.16. The lowest BCUT2D eigenvalue weighted by atomic mass is 10.1. The average Bonchev–Trinajstić information content (AvgIpc) is 2.98. The van der Waals surface area contributed by atoms with Gasteiger partial charge in [0.05, 0.1) is 24.9 Å². The van der Waals surface area contributed by atoms with E-state index in [9.17, 15) is 4.79 Å². The Morgan fingerprint density at radius 1 is 1.20 bits per heavy atom. The van der Waals surface area contributed by atoms with E-state index in [1.165, 1.54) is 0 Å². The van der Waals surface area contributed by atoms with Gasteiger partial charge in [0.15, 0.2) is 11.5 Å². The molecule has 0 spiro atoms. The highest BCUT2D eigenvalue weighted by Crippen LogP contribution is 2.29. The predicted molar refractivity (Wildman–Crippen MR) is 97.3 cm³/mol. The first-order valence-corrected chi connectivity index (χ1v) is 8.74. The van der Waals surface area contributed by atoms with Crippen LogP contribution >= 0.6 is 0 Å². The number of benzene rings is 1. The van der Waals surface area contributed by atoms with Crippen LogP contribution < -0.4 is 14.8 Å². The normalized spacial score (nSPS) is 11.9. The van der Waals surface area contributed by atoms with E-state index in [-0.39, 0.29) is 11.9 Å². The summed E-state index contributed by atoms with van der Waals surface area (Å²) in [4.78, 5) is 12.6. The zero-order valence-electron chi connectivity index (χ0n) is 15.6. The van der Waals surface area contributed by atoms with E-state index >= 15 is 0 Å². The number of carbonyl (C=O) groups excluding carboxylic acids is 1. The van der Waals surface area contributed by atoms with E-state index in [0.717, 1.165) is 17.8 Å². The van der Waals surface area contributed by atoms with Crippen molar-refractivity contribution in [2.75, 3.05) is 13.2 Å². The minimum atomic E-state index is -0.153. The van der Waals surface area contributed by atoms with Crippen LogP contribution in [0.5, 0.6) is 11.5 Å². The third-order valence-corrected chi connectivity index (χ3v) is 3.93. The fourth-order valence-corrected chi connectivity index (χ4v) is 2.67. The fraction of sp³-hybridized carbons (Fsp3) is 0.474. The lowest BCUT2D eigenvalue weighted by Gasteiger charge is -2.15. The zero-order valence-corrected chi connectivity index (χ0v) is 15.6. The van der Waals surface area contributed by atoms with Gasteiger partial charge in [-0.1, -0.05) is 0 Å². The molecule has 1 atom stereocenters. The van der Waals surface area contributed by atoms with Gasteiger partial charge in [-0.25, -0.2) is 0 Å². The molecule has 25 heavy (non-hydrogen) atoms. The summed E-state index contributed by atoms with van der Waals surface area (Å²) < 4.78 is 13.0. The van der Waals surface area contributed by atoms with Gasteiger partial charge in [0.2, 0.25) is 0 Å². The van der Waals surface area contributed by atoms with Crippen molar-refractivity contribution in [3.05, 3.63) is 41.2 Å². The van der Waals surface area contributed by atoms with Gasteiger partial charge in [0.1, 0.15) is 0 Å². The molecule has 1 aromatic carbocycles. The van der Waals surface area contributed by atoms with Crippen molar-refractivity contribution in [1.29, 1.82) is 0 Å². The molecule has 0 aliphatic rings. The molecular formula is C19H27N3O3. The van der Waals surface area contributed by atoms with Crippen molar-refractivity contribution >= 4 is 5.91 Å². The van der Waals surface area contributed by atoms with Gasteiger partial charge in [-0.2, -0.15) is 5.10 Å². The van der Waals surface area contributed by atoms with Crippen LogP contribution in [0.3, 0.4) is 0 Å². The van der Waals surface area contributed by atoms with Crippen LogP contribution in [0.2, 0.25) is 0 Å². The summed E-state index contributed by atoms with van der Waals surface area (Å²) in [6, 6.07) is 5.11. The Hall–Kier alpha value is -2.50. The smallest absolute Gasteiger partial charge is 0.251 e. The van der Waals surface area contributed by atoms with Crippen LogP contribution in [-0.4, -0.2) is 28.9 Å². The Kier molecular flexibility index (Phi) is 6.44. The molecule has 0 aliphatic carbocycles. The highest BCUT2D eigenvalue weighted by atomic mass is 16.5. The molecule has 1 amide bonds. The minimum absolute atomic E-state index is 0.130. The second-order valence-corrected chi connectivity index (χ2v) is 5.75. The minimum Gasteiger partial charge on any atom is -0.490 e. The van der Waals surface area contributed by atoms with Gasteiger partial charge in [0, 0.05) is 23.9 Å². The maximum absolute atomic E-state index is 12.6. The second kappa shape index (κ2) is 8.55. The molecule has 0 saturated carbocycles. The summed E-state index contributed by atoms with van der Waals surface area (Å²) in [6.07, 6.45) is 1.98. The fourth-order valence-electron chi connectivity index (χ4n) is 2.67. The predicted octanol–water partition coefficient (Wildman–Crippen LogP) is 3.50. The number of amides is 1. The highest BCUT2D eigenvalue weighted by molar-refractivity contribution is 5.95. The summed E-state index contributed by atoms with van der Waals surface area (Å²) in [7, 11) is 0. The number of hydrogen-bond acceptors (Lipinski definition) is 4. The third-order valence-electron chi connectivity index (χ3n) is 3.93. The number of nitrogens with zero attached hydrogens (tertiary/aromatic N) is 2. The molecule has 6 nitrogen and oxygen atoms in total. The Labute approximate surface area is 149 Å². The Morgan fingerprint density at radius 3 is 2.48 bits per heavy atom. The van der Waals surface area contributed by atoms with Crippen molar-refractivity contribution < 1.29 is 14.3 Å². The zero-order chi connectivity index (χ0) is 18.4. The quantitative estimate of drug-likeness (QED) is 0.795. The number of rotatable bonds is 8. The van der Waals surface area contributed by atoms with Crippen molar-refractivity contribution in [3.8, 4) is 11.5 Å². The van der Waals surface area contributed by atoms with Crippen LogP contribution in [-0.2, 0) is 6.54 Å². The summed E-state index contributed by atoms with van der Waals surface area (Å²) >= 11 is 0. The number of hydrogen-bond donors (Lipinski definition) is 1. The first-order valence-electron chi connectivity index (χ1n) is 8.74. The number of carbonyl (C=O) groups is 1. The monoisotopic (exact) mass is 345 g/mol. The van der Waals surface area contributed by atoms with E-state index < -0.39 is 0 Å². The number of nitrogens with one attached hydrogen (secondary N) is 1. The molecule has 136 valence electrons. The van der Waals surface area contributed by atoms with Gasteiger partial charge in [-0.15, -0.1) is 0 Å². The first kappa shape index (κ1) is 18.8. The third kappa shape index (κ3) is 4.53. The second-order valence-electron chi connectivity index (χ2n) is 5.75. The lowest BCUT2D eigenvalue weighted by Crippen LogP contribution is -2.26. The molecule has 6 heteroatoms. The van der Waals surface area contributed by atoms with Crippen LogP contribution in [0, 0.1) is 6.92 Å². The maximum atomic E-state index is 12.6. The van der Waals surface area contributed by atoms with E-state index in [2.05, 4.69) is 10.4 Å². The van der Waals surface area contributed by atoms with Gasteiger partial charge in [-0.3, -0.25) is 9.48 Å². The molecular weight excluding hydrogens is 318 g/mol. The molecule has 1 aromatic heterocycles. The Morgan fingerprint density at radius 2 is 1.88 bits per heavy atom. The molecule has 2 aromatic rings. The first-order chi connectivity index (χ1) is 12.0. The van der Waals surface area contributed by atoms with Gasteiger partial charge in [-0.05, 0) is 52.8 Å². The number of aromatic nitrogens is 2. The molecule has 0 radical (unpaired) electrons. The topological polar surface area (TPSA) is 65.4 Å². The summed E-state index contributed by atoms with van der Waals surface area (Å²) in [6.45, 7) is 11.6. The number of aryl methyl sites for hydroxylation is 2. The molecule has 0 bridgehead atoms. The molecule has 1 N–H and O–H groups in total. The standard InChI is InChI=1S/C19H27N3O3/c1-6-22-12-16(14(5)21-22)13(4)20-19(23)15-9-10-17(24-7-2)18(11-15)25-8-3/h9-13H,6-8H2,1-5H3,(H,20,23). The number of ether oxygens (including phenoxy) is 2. The molecule has 1 unspecified atom stereocenters. The van der Waals surface area contributed by atoms with E-state index in [1.807, 2.05) is 45.5 Å². The molecule has 0 aliphatic heterocycles. The summed E-state index contributed by atoms with van der Waals surface area (Å²) in [5.41, 5.74) is 2.49. The summed E-state index contributed by atoms with van der Waals surface area (Å²) in [5, 5.41) is 7.45. The molecule has 0 fully saturated rings. The van der Waals surface area contributed by atoms with Crippen LogP contribution in [0.1, 0.15) is 55.4 Å². The maximum Gasteiger partial charge on any atom is 0.251 e. The highest BCUT2D eigenvalue weighted by Gasteiger charge is 2.17. The van der Waals surface area contributed by atoms with E-state index in [1.54, 1.807) is 18.2 Å².